The Morgan fingerprint density at radius 2 is 1.97 bits per heavy atom. The van der Waals surface area contributed by atoms with Gasteiger partial charge in [0.25, 0.3) is 5.91 Å². The van der Waals surface area contributed by atoms with Gasteiger partial charge in [0, 0.05) is 0 Å². The molecule has 0 bridgehead atoms. The predicted molar refractivity (Wildman–Crippen MR) is 117 cm³/mol. The highest BCUT2D eigenvalue weighted by Gasteiger charge is 2.22. The molecule has 2 aromatic carbocycles. The first-order chi connectivity index (χ1) is 13.7. The maximum Gasteiger partial charge on any atom is 0.260 e. The summed E-state index contributed by atoms with van der Waals surface area (Å²) < 4.78 is 36.2. The van der Waals surface area contributed by atoms with Crippen LogP contribution in [-0.4, -0.2) is 47.6 Å². The maximum absolute atomic E-state index is 12.2. The van der Waals surface area contributed by atoms with Crippen molar-refractivity contribution in [1.29, 1.82) is 0 Å². The molecular weight excluding hydrogens is 486 g/mol. The van der Waals surface area contributed by atoms with E-state index in [1.807, 2.05) is 0 Å². The third-order valence-corrected chi connectivity index (χ3v) is 5.70. The SMILES string of the molecule is COc1cc(/C=N\NC(=O)CN(c2ccccc2Cl)S(C)(=O)=O)cc(Br)c1OC. The first kappa shape index (κ1) is 23.0. The summed E-state index contributed by atoms with van der Waals surface area (Å²) in [7, 11) is -0.717. The molecule has 0 saturated carbocycles. The molecule has 29 heavy (non-hydrogen) atoms. The van der Waals surface area contributed by atoms with Gasteiger partial charge in [-0.25, -0.2) is 13.8 Å². The highest BCUT2D eigenvalue weighted by atomic mass is 79.9. The molecule has 0 aliphatic carbocycles. The minimum Gasteiger partial charge on any atom is -0.493 e. The van der Waals surface area contributed by atoms with Crippen LogP contribution < -0.4 is 19.2 Å². The third-order valence-electron chi connectivity index (χ3n) is 3.67. The number of benzene rings is 2. The van der Waals surface area contributed by atoms with Crippen LogP contribution in [0.1, 0.15) is 5.56 Å². The predicted octanol–water partition coefficient (Wildman–Crippen LogP) is 3.04. The second-order valence-electron chi connectivity index (χ2n) is 5.75. The summed E-state index contributed by atoms with van der Waals surface area (Å²) in [5, 5.41) is 4.08. The van der Waals surface area contributed by atoms with Gasteiger partial charge < -0.3 is 9.47 Å². The molecule has 1 amide bonds. The van der Waals surface area contributed by atoms with E-state index in [1.165, 1.54) is 26.5 Å². The molecule has 11 heteroatoms. The van der Waals surface area contributed by atoms with Gasteiger partial charge in [-0.1, -0.05) is 23.7 Å². The number of hydrogen-bond donors (Lipinski definition) is 1. The summed E-state index contributed by atoms with van der Waals surface area (Å²) in [6, 6.07) is 9.75. The van der Waals surface area contributed by atoms with Gasteiger partial charge in [-0.2, -0.15) is 5.10 Å². The fourth-order valence-electron chi connectivity index (χ4n) is 2.39. The zero-order valence-corrected chi connectivity index (χ0v) is 19.0. The number of nitrogens with one attached hydrogen (secondary N) is 1. The molecular formula is C18H19BrClN3O5S. The van der Waals surface area contributed by atoms with Crippen LogP contribution in [0.4, 0.5) is 5.69 Å². The molecule has 0 unspecified atom stereocenters. The second-order valence-corrected chi connectivity index (χ2v) is 8.92. The number of para-hydroxylation sites is 1. The lowest BCUT2D eigenvalue weighted by atomic mass is 10.2. The Bertz CT molecular complexity index is 1030. The Labute approximate surface area is 182 Å². The molecule has 8 nitrogen and oxygen atoms in total. The normalized spacial score (nSPS) is 11.3. The van der Waals surface area contributed by atoms with E-state index in [1.54, 1.807) is 30.3 Å². The minimum absolute atomic E-state index is 0.208. The first-order valence-electron chi connectivity index (χ1n) is 8.13. The number of nitrogens with zero attached hydrogens (tertiary/aromatic N) is 2. The van der Waals surface area contributed by atoms with Gasteiger partial charge >= 0.3 is 0 Å². The molecule has 2 rings (SSSR count). The van der Waals surface area contributed by atoms with Gasteiger partial charge in [0.05, 0.1) is 41.9 Å². The van der Waals surface area contributed by atoms with E-state index in [2.05, 4.69) is 26.5 Å². The largest absolute Gasteiger partial charge is 0.493 e. The smallest absolute Gasteiger partial charge is 0.260 e. The Kier molecular flexibility index (Phi) is 7.88. The summed E-state index contributed by atoms with van der Waals surface area (Å²) in [4.78, 5) is 12.2. The standard InChI is InChI=1S/C18H19BrClN3O5S/c1-27-16-9-12(8-13(19)18(16)28-2)10-21-22-17(24)11-23(29(3,25)26)15-7-5-4-6-14(15)20/h4-10H,11H2,1-3H3,(H,22,24)/b21-10-. The molecule has 0 aliphatic heterocycles. The van der Waals surface area contributed by atoms with Gasteiger partial charge in [-0.05, 0) is 45.8 Å². The van der Waals surface area contributed by atoms with Crippen LogP contribution in [0.3, 0.4) is 0 Å². The Morgan fingerprint density at radius 1 is 1.28 bits per heavy atom. The molecule has 0 aromatic heterocycles. The minimum atomic E-state index is -3.74. The van der Waals surface area contributed by atoms with Crippen molar-refractivity contribution in [3.8, 4) is 11.5 Å². The van der Waals surface area contributed by atoms with Crippen LogP contribution in [-0.2, 0) is 14.8 Å². The number of amides is 1. The molecule has 0 atom stereocenters. The van der Waals surface area contributed by atoms with Gasteiger partial charge in [-0.15, -0.1) is 0 Å². The topological polar surface area (TPSA) is 97.3 Å². The fourth-order valence-corrected chi connectivity index (χ4v) is 4.17. The molecule has 2 aromatic rings. The molecule has 0 heterocycles. The molecule has 0 saturated heterocycles. The van der Waals surface area contributed by atoms with Crippen molar-refractivity contribution in [2.45, 2.75) is 0 Å². The Hall–Kier alpha value is -2.30. The lowest BCUT2D eigenvalue weighted by molar-refractivity contribution is -0.119. The summed E-state index contributed by atoms with van der Waals surface area (Å²) in [6.45, 7) is -0.477. The third kappa shape index (κ3) is 6.09. The summed E-state index contributed by atoms with van der Waals surface area (Å²) >= 11 is 9.43. The van der Waals surface area contributed by atoms with E-state index in [0.29, 0.717) is 21.5 Å². The Balaban J connectivity index is 2.14. The molecule has 0 fully saturated rings. The molecule has 0 spiro atoms. The zero-order valence-electron chi connectivity index (χ0n) is 15.8. The number of carbonyl (C=O) groups is 1. The number of sulfonamides is 1. The molecule has 0 aliphatic rings. The zero-order chi connectivity index (χ0) is 21.6. The highest BCUT2D eigenvalue weighted by molar-refractivity contribution is 9.10. The monoisotopic (exact) mass is 503 g/mol. The number of hydrazone groups is 1. The summed E-state index contributed by atoms with van der Waals surface area (Å²) in [5.41, 5.74) is 3.14. The van der Waals surface area contributed by atoms with E-state index in [9.17, 15) is 13.2 Å². The molecule has 156 valence electrons. The highest BCUT2D eigenvalue weighted by Crippen LogP contribution is 2.35. The van der Waals surface area contributed by atoms with Crippen LogP contribution in [0.2, 0.25) is 5.02 Å². The van der Waals surface area contributed by atoms with Gasteiger partial charge in [0.15, 0.2) is 11.5 Å². The Morgan fingerprint density at radius 3 is 2.55 bits per heavy atom. The number of carbonyl (C=O) groups excluding carboxylic acids is 1. The van der Waals surface area contributed by atoms with Crippen LogP contribution in [0.25, 0.3) is 0 Å². The summed E-state index contributed by atoms with van der Waals surface area (Å²) in [5.74, 6) is 0.375. The number of halogens is 2. The van der Waals surface area contributed by atoms with E-state index in [-0.39, 0.29) is 10.7 Å². The van der Waals surface area contributed by atoms with Crippen molar-refractivity contribution < 1.29 is 22.7 Å². The van der Waals surface area contributed by atoms with Gasteiger partial charge in [0.2, 0.25) is 10.0 Å². The van der Waals surface area contributed by atoms with Crippen molar-refractivity contribution in [2.24, 2.45) is 5.10 Å². The number of hydrogen-bond acceptors (Lipinski definition) is 6. The maximum atomic E-state index is 12.2. The molecule has 1 N–H and O–H groups in total. The quantitative estimate of drug-likeness (QED) is 0.440. The van der Waals surface area contributed by atoms with E-state index < -0.39 is 22.5 Å². The lowest BCUT2D eigenvalue weighted by Gasteiger charge is -2.22. The van der Waals surface area contributed by atoms with Crippen molar-refractivity contribution in [3.63, 3.8) is 0 Å². The second kappa shape index (κ2) is 9.95. The van der Waals surface area contributed by atoms with Crippen molar-refractivity contribution >= 4 is 55.4 Å². The van der Waals surface area contributed by atoms with E-state index in [0.717, 1.165) is 10.6 Å². The fraction of sp³-hybridized carbons (Fsp3) is 0.222. The molecule has 0 radical (unpaired) electrons. The van der Waals surface area contributed by atoms with Crippen LogP contribution in [0.5, 0.6) is 11.5 Å². The van der Waals surface area contributed by atoms with E-state index in [4.69, 9.17) is 21.1 Å². The van der Waals surface area contributed by atoms with Crippen molar-refractivity contribution in [2.75, 3.05) is 31.3 Å². The van der Waals surface area contributed by atoms with Crippen LogP contribution >= 0.6 is 27.5 Å². The average molecular weight is 505 g/mol. The number of anilines is 1. The summed E-state index contributed by atoms with van der Waals surface area (Å²) in [6.07, 6.45) is 2.39. The lowest BCUT2D eigenvalue weighted by Crippen LogP contribution is -2.39. The first-order valence-corrected chi connectivity index (χ1v) is 11.1. The average Bonchev–Trinajstić information content (AvgIpc) is 2.65. The van der Waals surface area contributed by atoms with Crippen LogP contribution in [0.15, 0.2) is 46.0 Å². The van der Waals surface area contributed by atoms with Crippen molar-refractivity contribution in [1.82, 2.24) is 5.43 Å². The van der Waals surface area contributed by atoms with Crippen molar-refractivity contribution in [3.05, 3.63) is 51.5 Å². The number of ether oxygens (including phenoxy) is 2. The van der Waals surface area contributed by atoms with Crippen LogP contribution in [0, 0.1) is 0 Å². The number of methoxy groups -OCH3 is 2. The number of rotatable bonds is 8. The van der Waals surface area contributed by atoms with E-state index >= 15 is 0 Å². The van der Waals surface area contributed by atoms with Gasteiger partial charge in [0.1, 0.15) is 6.54 Å². The van der Waals surface area contributed by atoms with Gasteiger partial charge in [-0.3, -0.25) is 9.10 Å².